The van der Waals surface area contributed by atoms with E-state index in [-0.39, 0.29) is 0 Å². The fraction of sp³-hybridized carbons (Fsp3) is 0.429. The SMILES string of the molecule is COc1ccc(C=CCNC2CC2)c(Cl)c1OC. The number of hydrogen-bond acceptors (Lipinski definition) is 3. The molecule has 1 aromatic carbocycles. The van der Waals surface area contributed by atoms with Crippen molar-refractivity contribution in [2.45, 2.75) is 18.9 Å². The molecule has 1 saturated carbocycles. The average molecular weight is 268 g/mol. The Labute approximate surface area is 113 Å². The third kappa shape index (κ3) is 3.18. The van der Waals surface area contributed by atoms with Crippen LogP contribution in [0.25, 0.3) is 6.08 Å². The van der Waals surface area contributed by atoms with Crippen LogP contribution in [0.5, 0.6) is 11.5 Å². The first-order chi connectivity index (χ1) is 8.76. The number of nitrogens with one attached hydrogen (secondary N) is 1. The van der Waals surface area contributed by atoms with E-state index in [1.807, 2.05) is 18.2 Å². The second-order valence-corrected chi connectivity index (χ2v) is 4.67. The van der Waals surface area contributed by atoms with E-state index in [0.29, 0.717) is 16.5 Å². The van der Waals surface area contributed by atoms with E-state index in [1.54, 1.807) is 14.2 Å². The van der Waals surface area contributed by atoms with Gasteiger partial charge in [-0.1, -0.05) is 23.8 Å². The molecule has 98 valence electrons. The minimum Gasteiger partial charge on any atom is -0.493 e. The third-order valence-electron chi connectivity index (χ3n) is 2.91. The van der Waals surface area contributed by atoms with Gasteiger partial charge in [-0.3, -0.25) is 0 Å². The fourth-order valence-electron chi connectivity index (χ4n) is 1.74. The summed E-state index contributed by atoms with van der Waals surface area (Å²) in [6, 6.07) is 4.51. The van der Waals surface area contributed by atoms with Gasteiger partial charge < -0.3 is 14.8 Å². The molecular weight excluding hydrogens is 250 g/mol. The van der Waals surface area contributed by atoms with Crippen molar-refractivity contribution in [2.75, 3.05) is 20.8 Å². The van der Waals surface area contributed by atoms with E-state index in [0.717, 1.165) is 18.2 Å². The molecule has 2 rings (SSSR count). The Kier molecular flexibility index (Phi) is 4.50. The maximum atomic E-state index is 6.27. The zero-order chi connectivity index (χ0) is 13.0. The van der Waals surface area contributed by atoms with Crippen molar-refractivity contribution in [3.8, 4) is 11.5 Å². The zero-order valence-electron chi connectivity index (χ0n) is 10.7. The zero-order valence-corrected chi connectivity index (χ0v) is 11.5. The minimum atomic E-state index is 0.580. The molecule has 1 aliphatic carbocycles. The summed E-state index contributed by atoms with van der Waals surface area (Å²) < 4.78 is 10.4. The molecule has 0 unspecified atom stereocenters. The van der Waals surface area contributed by atoms with Crippen LogP contribution in [0.15, 0.2) is 18.2 Å². The molecule has 4 heteroatoms. The fourth-order valence-corrected chi connectivity index (χ4v) is 2.04. The molecule has 1 aromatic rings. The highest BCUT2D eigenvalue weighted by atomic mass is 35.5. The second-order valence-electron chi connectivity index (χ2n) is 4.29. The van der Waals surface area contributed by atoms with Crippen molar-refractivity contribution >= 4 is 17.7 Å². The van der Waals surface area contributed by atoms with Gasteiger partial charge in [0, 0.05) is 12.6 Å². The first kappa shape index (κ1) is 13.2. The number of rotatable bonds is 6. The largest absolute Gasteiger partial charge is 0.493 e. The standard InChI is InChI=1S/C14H18ClNO2/c1-17-12-8-5-10(13(15)14(12)18-2)4-3-9-16-11-6-7-11/h3-5,8,11,16H,6-7,9H2,1-2H3. The summed E-state index contributed by atoms with van der Waals surface area (Å²) in [6.45, 7) is 0.870. The van der Waals surface area contributed by atoms with Gasteiger partial charge in [-0.05, 0) is 30.5 Å². The number of methoxy groups -OCH3 is 2. The minimum absolute atomic E-state index is 0.580. The second kappa shape index (κ2) is 6.12. The molecular formula is C14H18ClNO2. The van der Waals surface area contributed by atoms with Gasteiger partial charge in [0.05, 0.1) is 19.2 Å². The summed E-state index contributed by atoms with van der Waals surface area (Å²) >= 11 is 6.27. The Morgan fingerprint density at radius 2 is 2.11 bits per heavy atom. The molecule has 18 heavy (non-hydrogen) atoms. The van der Waals surface area contributed by atoms with Crippen LogP contribution in [0, 0.1) is 0 Å². The quantitative estimate of drug-likeness (QED) is 0.859. The van der Waals surface area contributed by atoms with Gasteiger partial charge in [0.2, 0.25) is 0 Å². The van der Waals surface area contributed by atoms with E-state index in [2.05, 4.69) is 11.4 Å². The topological polar surface area (TPSA) is 30.5 Å². The van der Waals surface area contributed by atoms with Crippen LogP contribution >= 0.6 is 11.6 Å². The van der Waals surface area contributed by atoms with E-state index < -0.39 is 0 Å². The highest BCUT2D eigenvalue weighted by Crippen LogP contribution is 2.37. The van der Waals surface area contributed by atoms with E-state index in [9.17, 15) is 0 Å². The monoisotopic (exact) mass is 267 g/mol. The number of hydrogen-bond donors (Lipinski definition) is 1. The summed E-state index contributed by atoms with van der Waals surface area (Å²) in [7, 11) is 3.19. The summed E-state index contributed by atoms with van der Waals surface area (Å²) in [5.74, 6) is 1.23. The van der Waals surface area contributed by atoms with Crippen LogP contribution in [0.3, 0.4) is 0 Å². The Morgan fingerprint density at radius 1 is 1.33 bits per heavy atom. The van der Waals surface area contributed by atoms with E-state index in [4.69, 9.17) is 21.1 Å². The Morgan fingerprint density at radius 3 is 2.72 bits per heavy atom. The van der Waals surface area contributed by atoms with Crippen LogP contribution in [0.4, 0.5) is 0 Å². The van der Waals surface area contributed by atoms with Gasteiger partial charge in [0.25, 0.3) is 0 Å². The molecule has 3 nitrogen and oxygen atoms in total. The summed E-state index contributed by atoms with van der Waals surface area (Å²) in [5.41, 5.74) is 0.937. The van der Waals surface area contributed by atoms with Gasteiger partial charge in [-0.2, -0.15) is 0 Å². The molecule has 0 aliphatic heterocycles. The summed E-state index contributed by atoms with van der Waals surface area (Å²) in [4.78, 5) is 0. The van der Waals surface area contributed by atoms with Crippen LogP contribution in [0.2, 0.25) is 5.02 Å². The maximum Gasteiger partial charge on any atom is 0.179 e. The molecule has 1 fully saturated rings. The van der Waals surface area contributed by atoms with Gasteiger partial charge in [-0.15, -0.1) is 0 Å². The Bertz CT molecular complexity index is 442. The van der Waals surface area contributed by atoms with Crippen molar-refractivity contribution in [2.24, 2.45) is 0 Å². The van der Waals surface area contributed by atoms with Crippen molar-refractivity contribution in [1.29, 1.82) is 0 Å². The Hall–Kier alpha value is -1.19. The highest BCUT2D eigenvalue weighted by Gasteiger charge is 2.19. The predicted octanol–water partition coefficient (Wildman–Crippen LogP) is 3.12. The van der Waals surface area contributed by atoms with Gasteiger partial charge in [0.15, 0.2) is 11.5 Å². The maximum absolute atomic E-state index is 6.27. The number of benzene rings is 1. The molecule has 0 radical (unpaired) electrons. The molecule has 0 heterocycles. The molecule has 0 spiro atoms. The first-order valence-electron chi connectivity index (χ1n) is 6.06. The average Bonchev–Trinajstić information content (AvgIpc) is 3.19. The molecule has 0 aromatic heterocycles. The van der Waals surface area contributed by atoms with Crippen molar-refractivity contribution in [3.63, 3.8) is 0 Å². The van der Waals surface area contributed by atoms with Gasteiger partial charge >= 0.3 is 0 Å². The van der Waals surface area contributed by atoms with Gasteiger partial charge in [-0.25, -0.2) is 0 Å². The molecule has 1 aliphatic rings. The molecule has 0 atom stereocenters. The smallest absolute Gasteiger partial charge is 0.179 e. The van der Waals surface area contributed by atoms with Crippen LogP contribution < -0.4 is 14.8 Å². The number of ether oxygens (including phenoxy) is 2. The lowest BCUT2D eigenvalue weighted by atomic mass is 10.2. The van der Waals surface area contributed by atoms with Crippen LogP contribution in [0.1, 0.15) is 18.4 Å². The summed E-state index contributed by atoms with van der Waals surface area (Å²) in [6.07, 6.45) is 6.67. The van der Waals surface area contributed by atoms with E-state index in [1.165, 1.54) is 12.8 Å². The third-order valence-corrected chi connectivity index (χ3v) is 3.30. The summed E-state index contributed by atoms with van der Waals surface area (Å²) in [5, 5.41) is 3.99. The first-order valence-corrected chi connectivity index (χ1v) is 6.44. The molecule has 0 saturated heterocycles. The lowest BCUT2D eigenvalue weighted by Gasteiger charge is -2.10. The highest BCUT2D eigenvalue weighted by molar-refractivity contribution is 6.33. The Balaban J connectivity index is 2.06. The lowest BCUT2D eigenvalue weighted by molar-refractivity contribution is 0.355. The lowest BCUT2D eigenvalue weighted by Crippen LogP contribution is -2.15. The van der Waals surface area contributed by atoms with Crippen LogP contribution in [-0.4, -0.2) is 26.8 Å². The van der Waals surface area contributed by atoms with Crippen LogP contribution in [-0.2, 0) is 0 Å². The molecule has 0 bridgehead atoms. The van der Waals surface area contributed by atoms with Crippen molar-refractivity contribution < 1.29 is 9.47 Å². The van der Waals surface area contributed by atoms with Gasteiger partial charge in [0.1, 0.15) is 0 Å². The number of halogens is 1. The van der Waals surface area contributed by atoms with Crippen molar-refractivity contribution in [3.05, 3.63) is 28.8 Å². The van der Waals surface area contributed by atoms with Crippen molar-refractivity contribution in [1.82, 2.24) is 5.32 Å². The molecule has 0 amide bonds. The molecule has 1 N–H and O–H groups in total. The normalized spacial score (nSPS) is 15.1. The predicted molar refractivity (Wildman–Crippen MR) is 74.6 cm³/mol. The van der Waals surface area contributed by atoms with E-state index >= 15 is 0 Å².